The minimum atomic E-state index is -3.49. The van der Waals surface area contributed by atoms with E-state index in [2.05, 4.69) is 20.8 Å². The Morgan fingerprint density at radius 3 is 2.52 bits per heavy atom. The van der Waals surface area contributed by atoms with Crippen LogP contribution in [0.25, 0.3) is 0 Å². The molecule has 0 bridgehead atoms. The van der Waals surface area contributed by atoms with Crippen LogP contribution in [0.2, 0.25) is 0 Å². The third kappa shape index (κ3) is 4.46. The van der Waals surface area contributed by atoms with Crippen molar-refractivity contribution in [3.8, 4) is 5.75 Å². The van der Waals surface area contributed by atoms with Crippen molar-refractivity contribution in [3.63, 3.8) is 0 Å². The molecule has 0 aliphatic carbocycles. The number of carbonyl (C=O) groups excluding carboxylic acids is 1. The van der Waals surface area contributed by atoms with Crippen LogP contribution in [0.3, 0.4) is 0 Å². The fourth-order valence-corrected chi connectivity index (χ4v) is 4.24. The minimum absolute atomic E-state index is 0.00186. The zero-order valence-electron chi connectivity index (χ0n) is 17.6. The molecule has 0 saturated carbocycles. The average molecular weight is 417 g/mol. The molecular formula is C22H28N2O4S. The normalized spacial score (nSPS) is 14.2. The highest BCUT2D eigenvalue weighted by Gasteiger charge is 2.27. The van der Waals surface area contributed by atoms with Crippen molar-refractivity contribution >= 4 is 21.6 Å². The Balaban J connectivity index is 1.72. The van der Waals surface area contributed by atoms with Crippen molar-refractivity contribution in [2.24, 2.45) is 0 Å². The number of rotatable bonds is 5. The summed E-state index contributed by atoms with van der Waals surface area (Å²) in [6, 6.07) is 12.7. The minimum Gasteiger partial charge on any atom is -0.484 e. The molecule has 0 fully saturated rings. The summed E-state index contributed by atoms with van der Waals surface area (Å²) in [6.45, 7) is 6.84. The number of hydrogen-bond donors (Lipinski definition) is 0. The number of amides is 1. The smallest absolute Gasteiger partial charge is 0.264 e. The summed E-state index contributed by atoms with van der Waals surface area (Å²) in [7, 11) is -0.485. The van der Waals surface area contributed by atoms with Gasteiger partial charge in [-0.15, -0.1) is 0 Å². The van der Waals surface area contributed by atoms with Crippen LogP contribution in [-0.2, 0) is 26.7 Å². The van der Waals surface area contributed by atoms with Crippen molar-refractivity contribution in [2.45, 2.75) is 37.5 Å². The highest BCUT2D eigenvalue weighted by atomic mass is 32.2. The van der Waals surface area contributed by atoms with Crippen LogP contribution in [0.1, 0.15) is 31.9 Å². The van der Waals surface area contributed by atoms with E-state index < -0.39 is 10.0 Å². The first kappa shape index (κ1) is 21.3. The number of fused-ring (bicyclic) bond motifs is 1. The van der Waals surface area contributed by atoms with Crippen molar-refractivity contribution < 1.29 is 17.9 Å². The van der Waals surface area contributed by atoms with Gasteiger partial charge in [-0.25, -0.2) is 12.7 Å². The SMILES string of the molecule is CN(C)S(=O)(=O)c1ccc2c(c1)CCN2C(=O)COc1cccc(C(C)(C)C)c1. The van der Waals surface area contributed by atoms with E-state index in [1.165, 1.54) is 18.4 Å². The monoisotopic (exact) mass is 416 g/mol. The summed E-state index contributed by atoms with van der Waals surface area (Å²) in [4.78, 5) is 14.6. The molecule has 1 aliphatic heterocycles. The van der Waals surface area contributed by atoms with E-state index in [0.29, 0.717) is 18.7 Å². The van der Waals surface area contributed by atoms with E-state index in [0.717, 1.165) is 16.8 Å². The van der Waals surface area contributed by atoms with Crippen LogP contribution in [-0.4, -0.2) is 45.9 Å². The lowest BCUT2D eigenvalue weighted by Crippen LogP contribution is -2.33. The number of anilines is 1. The maximum Gasteiger partial charge on any atom is 0.264 e. The fourth-order valence-electron chi connectivity index (χ4n) is 3.28. The average Bonchev–Trinajstić information content (AvgIpc) is 3.09. The molecule has 7 heteroatoms. The summed E-state index contributed by atoms with van der Waals surface area (Å²) in [6.07, 6.45) is 0.622. The van der Waals surface area contributed by atoms with Crippen molar-refractivity contribution in [3.05, 3.63) is 53.6 Å². The van der Waals surface area contributed by atoms with Gasteiger partial charge in [-0.05, 0) is 53.3 Å². The van der Waals surface area contributed by atoms with Gasteiger partial charge in [0.15, 0.2) is 6.61 Å². The molecule has 0 unspecified atom stereocenters. The van der Waals surface area contributed by atoms with Crippen LogP contribution >= 0.6 is 0 Å². The number of nitrogens with zero attached hydrogens (tertiary/aromatic N) is 2. The quantitative estimate of drug-likeness (QED) is 0.751. The number of carbonyl (C=O) groups is 1. The summed E-state index contributed by atoms with van der Waals surface area (Å²) in [5.74, 6) is 0.519. The predicted octanol–water partition coefficient (Wildman–Crippen LogP) is 3.20. The number of sulfonamides is 1. The van der Waals surface area contributed by atoms with Crippen molar-refractivity contribution in [1.29, 1.82) is 0 Å². The Bertz CT molecular complexity index is 1020. The van der Waals surface area contributed by atoms with E-state index >= 15 is 0 Å². The lowest BCUT2D eigenvalue weighted by Gasteiger charge is -2.21. The molecule has 29 heavy (non-hydrogen) atoms. The van der Waals surface area contributed by atoms with E-state index in [1.807, 2.05) is 24.3 Å². The van der Waals surface area contributed by atoms with Crippen LogP contribution in [0.4, 0.5) is 5.69 Å². The largest absolute Gasteiger partial charge is 0.484 e. The number of hydrogen-bond acceptors (Lipinski definition) is 4. The van der Waals surface area contributed by atoms with Gasteiger partial charge in [0.25, 0.3) is 5.91 Å². The van der Waals surface area contributed by atoms with Gasteiger partial charge in [-0.3, -0.25) is 4.79 Å². The van der Waals surface area contributed by atoms with Crippen molar-refractivity contribution in [1.82, 2.24) is 4.31 Å². The second kappa shape index (κ2) is 7.80. The fraction of sp³-hybridized carbons (Fsp3) is 0.409. The van der Waals surface area contributed by atoms with E-state index in [-0.39, 0.29) is 22.8 Å². The molecule has 1 heterocycles. The molecule has 2 aromatic rings. The predicted molar refractivity (Wildman–Crippen MR) is 114 cm³/mol. The van der Waals surface area contributed by atoms with Crippen molar-refractivity contribution in [2.75, 3.05) is 32.1 Å². The van der Waals surface area contributed by atoms with E-state index in [4.69, 9.17) is 4.74 Å². The molecule has 156 valence electrons. The van der Waals surface area contributed by atoms with E-state index in [1.54, 1.807) is 23.1 Å². The first-order chi connectivity index (χ1) is 13.5. The summed E-state index contributed by atoms with van der Waals surface area (Å²) in [5, 5.41) is 0. The molecule has 0 atom stereocenters. The van der Waals surface area contributed by atoms with Crippen LogP contribution < -0.4 is 9.64 Å². The molecule has 0 radical (unpaired) electrons. The Kier molecular flexibility index (Phi) is 5.74. The molecule has 2 aromatic carbocycles. The molecule has 0 spiro atoms. The molecule has 0 N–H and O–H groups in total. The topological polar surface area (TPSA) is 66.9 Å². The molecule has 0 aromatic heterocycles. The second-order valence-electron chi connectivity index (χ2n) is 8.44. The Labute approximate surface area is 173 Å². The molecular weight excluding hydrogens is 388 g/mol. The number of benzene rings is 2. The molecule has 0 saturated heterocycles. The highest BCUT2D eigenvalue weighted by molar-refractivity contribution is 7.89. The summed E-state index contributed by atoms with van der Waals surface area (Å²) < 4.78 is 31.6. The maximum absolute atomic E-state index is 12.7. The Morgan fingerprint density at radius 1 is 1.14 bits per heavy atom. The third-order valence-corrected chi connectivity index (χ3v) is 6.90. The van der Waals surface area contributed by atoms with Gasteiger partial charge < -0.3 is 9.64 Å². The standard InChI is InChI=1S/C22H28N2O4S/c1-22(2,3)17-7-6-8-18(14-17)28-15-21(25)24-12-11-16-13-19(9-10-20(16)24)29(26,27)23(4)5/h6-10,13-14H,11-12,15H2,1-5H3. The molecule has 6 nitrogen and oxygen atoms in total. The number of ether oxygens (including phenoxy) is 1. The Hall–Kier alpha value is -2.38. The lowest BCUT2D eigenvalue weighted by atomic mass is 9.87. The molecule has 1 aliphatic rings. The van der Waals surface area contributed by atoms with Crippen LogP contribution in [0.5, 0.6) is 5.75 Å². The summed E-state index contributed by atoms with van der Waals surface area (Å²) in [5.41, 5.74) is 2.75. The van der Waals surface area contributed by atoms with Gasteiger partial charge in [0.2, 0.25) is 10.0 Å². The molecule has 1 amide bonds. The van der Waals surface area contributed by atoms with Gasteiger partial charge in [-0.2, -0.15) is 0 Å². The lowest BCUT2D eigenvalue weighted by molar-refractivity contribution is -0.120. The highest BCUT2D eigenvalue weighted by Crippen LogP contribution is 2.31. The molecule has 3 rings (SSSR count). The summed E-state index contributed by atoms with van der Waals surface area (Å²) >= 11 is 0. The van der Waals surface area contributed by atoms with Crippen LogP contribution in [0.15, 0.2) is 47.4 Å². The van der Waals surface area contributed by atoms with Gasteiger partial charge >= 0.3 is 0 Å². The Morgan fingerprint density at radius 2 is 1.86 bits per heavy atom. The van der Waals surface area contributed by atoms with Gasteiger partial charge in [0.05, 0.1) is 4.90 Å². The second-order valence-corrected chi connectivity index (χ2v) is 10.6. The zero-order valence-corrected chi connectivity index (χ0v) is 18.4. The van der Waals surface area contributed by atoms with Crippen LogP contribution in [0, 0.1) is 0 Å². The maximum atomic E-state index is 12.7. The van der Waals surface area contributed by atoms with E-state index in [9.17, 15) is 13.2 Å². The van der Waals surface area contributed by atoms with Gasteiger partial charge in [-0.1, -0.05) is 32.9 Å². The zero-order chi connectivity index (χ0) is 21.4. The first-order valence-electron chi connectivity index (χ1n) is 9.59. The van der Waals surface area contributed by atoms with Gasteiger partial charge in [0.1, 0.15) is 5.75 Å². The van der Waals surface area contributed by atoms with Gasteiger partial charge in [0, 0.05) is 26.3 Å². The third-order valence-electron chi connectivity index (χ3n) is 5.09. The first-order valence-corrected chi connectivity index (χ1v) is 11.0.